The number of rotatable bonds is 4. The number of carbonyl (C=O) groups excluding carboxylic acids is 1. The molecular weight excluding hydrogens is 374 g/mol. The first-order chi connectivity index (χ1) is 13.7. The van der Waals surface area contributed by atoms with E-state index in [4.69, 9.17) is 16.3 Å². The van der Waals surface area contributed by atoms with E-state index in [0.717, 1.165) is 30.8 Å². The molecule has 0 aliphatic carbocycles. The number of amides is 1. The first-order valence-electron chi connectivity index (χ1n) is 9.12. The van der Waals surface area contributed by atoms with Crippen molar-refractivity contribution < 1.29 is 9.53 Å². The molecule has 4 rings (SSSR count). The Balaban J connectivity index is 1.57. The zero-order valence-electron chi connectivity index (χ0n) is 15.5. The average Bonchev–Trinajstić information content (AvgIpc) is 2.73. The second kappa shape index (κ2) is 7.90. The number of nitrogens with one attached hydrogen (secondary N) is 1. The van der Waals surface area contributed by atoms with Gasteiger partial charge in [0, 0.05) is 29.7 Å². The average molecular weight is 394 g/mol. The highest BCUT2D eigenvalue weighted by atomic mass is 35.5. The van der Waals surface area contributed by atoms with Crippen molar-refractivity contribution in [3.63, 3.8) is 0 Å². The smallest absolute Gasteiger partial charge is 0.258 e. The van der Waals surface area contributed by atoms with Crippen LogP contribution in [0.25, 0.3) is 0 Å². The lowest BCUT2D eigenvalue weighted by atomic mass is 10.0. The molecule has 0 unspecified atom stereocenters. The Morgan fingerprint density at radius 3 is 2.86 bits per heavy atom. The number of carbonyl (C=O) groups is 1. The van der Waals surface area contributed by atoms with Gasteiger partial charge < -0.3 is 15.0 Å². The Morgan fingerprint density at radius 2 is 2.04 bits per heavy atom. The van der Waals surface area contributed by atoms with Crippen LogP contribution in [0.2, 0.25) is 5.02 Å². The van der Waals surface area contributed by atoms with Crippen LogP contribution in [0, 0.1) is 0 Å². The molecule has 0 bridgehead atoms. The van der Waals surface area contributed by atoms with Gasteiger partial charge in [-0.15, -0.1) is 0 Å². The van der Waals surface area contributed by atoms with Crippen LogP contribution in [0.4, 0.5) is 17.2 Å². The molecule has 0 saturated heterocycles. The maximum absolute atomic E-state index is 13.1. The Morgan fingerprint density at radius 1 is 1.18 bits per heavy atom. The van der Waals surface area contributed by atoms with Gasteiger partial charge in [0.15, 0.2) is 0 Å². The van der Waals surface area contributed by atoms with Gasteiger partial charge in [0.2, 0.25) is 0 Å². The molecular formula is C22H20ClN3O2. The molecule has 1 aromatic heterocycles. The molecule has 1 aliphatic heterocycles. The van der Waals surface area contributed by atoms with Gasteiger partial charge in [-0.05, 0) is 54.8 Å². The molecule has 0 spiro atoms. The van der Waals surface area contributed by atoms with Crippen LogP contribution < -0.4 is 15.0 Å². The molecule has 28 heavy (non-hydrogen) atoms. The SMILES string of the molecule is COc1ccc(Nc2cc(C(=O)N3CCCc4ccccc43)ccn2)cc1Cl. The van der Waals surface area contributed by atoms with Crippen molar-refractivity contribution in [1.29, 1.82) is 0 Å². The number of benzene rings is 2. The van der Waals surface area contributed by atoms with E-state index in [1.165, 1.54) is 5.56 Å². The van der Waals surface area contributed by atoms with Gasteiger partial charge in [0.25, 0.3) is 5.91 Å². The molecule has 142 valence electrons. The minimum Gasteiger partial charge on any atom is -0.495 e. The second-order valence-corrected chi connectivity index (χ2v) is 7.00. The first-order valence-corrected chi connectivity index (χ1v) is 9.50. The molecule has 0 atom stereocenters. The van der Waals surface area contributed by atoms with Gasteiger partial charge in [0.1, 0.15) is 11.6 Å². The monoisotopic (exact) mass is 393 g/mol. The summed E-state index contributed by atoms with van der Waals surface area (Å²) >= 11 is 6.18. The van der Waals surface area contributed by atoms with E-state index in [1.54, 1.807) is 37.6 Å². The zero-order chi connectivity index (χ0) is 19.5. The Kier molecular flexibility index (Phi) is 5.17. The largest absolute Gasteiger partial charge is 0.495 e. The summed E-state index contributed by atoms with van der Waals surface area (Å²) in [7, 11) is 1.57. The molecule has 1 amide bonds. The fraction of sp³-hybridized carbons (Fsp3) is 0.182. The van der Waals surface area contributed by atoms with Crippen molar-refractivity contribution in [3.05, 3.63) is 76.9 Å². The van der Waals surface area contributed by atoms with Crippen molar-refractivity contribution in [2.24, 2.45) is 0 Å². The number of halogens is 1. The number of hydrogen-bond acceptors (Lipinski definition) is 4. The van der Waals surface area contributed by atoms with Crippen molar-refractivity contribution in [2.45, 2.75) is 12.8 Å². The highest BCUT2D eigenvalue weighted by Gasteiger charge is 2.23. The molecule has 2 heterocycles. The highest BCUT2D eigenvalue weighted by molar-refractivity contribution is 6.32. The number of hydrogen-bond donors (Lipinski definition) is 1. The predicted octanol–water partition coefficient (Wildman–Crippen LogP) is 5.08. The molecule has 6 heteroatoms. The van der Waals surface area contributed by atoms with Crippen LogP contribution in [0.15, 0.2) is 60.8 Å². The number of nitrogens with zero attached hydrogens (tertiary/aromatic N) is 2. The van der Waals surface area contributed by atoms with Gasteiger partial charge in [0.05, 0.1) is 12.1 Å². The third kappa shape index (κ3) is 3.66. The van der Waals surface area contributed by atoms with Gasteiger partial charge in [-0.1, -0.05) is 29.8 Å². The van der Waals surface area contributed by atoms with Gasteiger partial charge in [-0.2, -0.15) is 0 Å². The Bertz CT molecular complexity index is 1020. The fourth-order valence-electron chi connectivity index (χ4n) is 3.42. The number of methoxy groups -OCH3 is 1. The highest BCUT2D eigenvalue weighted by Crippen LogP contribution is 2.30. The van der Waals surface area contributed by atoms with Crippen molar-refractivity contribution >= 4 is 34.7 Å². The van der Waals surface area contributed by atoms with E-state index in [0.29, 0.717) is 22.2 Å². The summed E-state index contributed by atoms with van der Waals surface area (Å²) in [5.41, 5.74) is 3.56. The lowest BCUT2D eigenvalue weighted by Gasteiger charge is -2.29. The van der Waals surface area contributed by atoms with Crippen LogP contribution >= 0.6 is 11.6 Å². The number of para-hydroxylation sites is 1. The standard InChI is InChI=1S/C22H20ClN3O2/c1-28-20-9-8-17(14-18(20)23)25-21-13-16(10-11-24-21)22(27)26-12-4-6-15-5-2-3-7-19(15)26/h2-3,5,7-11,13-14H,4,6,12H2,1H3,(H,24,25). The third-order valence-corrected chi connectivity index (χ3v) is 5.08. The molecule has 0 radical (unpaired) electrons. The fourth-order valence-corrected chi connectivity index (χ4v) is 3.68. The zero-order valence-corrected chi connectivity index (χ0v) is 16.2. The molecule has 2 aromatic carbocycles. The van der Waals surface area contributed by atoms with Crippen LogP contribution in [-0.2, 0) is 6.42 Å². The molecule has 1 N–H and O–H groups in total. The summed E-state index contributed by atoms with van der Waals surface area (Å²) in [5.74, 6) is 1.16. The van der Waals surface area contributed by atoms with E-state index in [9.17, 15) is 4.79 Å². The van der Waals surface area contributed by atoms with E-state index < -0.39 is 0 Å². The van der Waals surface area contributed by atoms with E-state index in [2.05, 4.69) is 16.4 Å². The molecule has 0 fully saturated rings. The summed E-state index contributed by atoms with van der Waals surface area (Å²) in [6.45, 7) is 0.717. The molecule has 0 saturated carbocycles. The normalized spacial score (nSPS) is 13.0. The minimum absolute atomic E-state index is 0.0228. The maximum Gasteiger partial charge on any atom is 0.258 e. The predicted molar refractivity (Wildman–Crippen MR) is 112 cm³/mol. The van der Waals surface area contributed by atoms with E-state index >= 15 is 0 Å². The van der Waals surface area contributed by atoms with Gasteiger partial charge in [-0.3, -0.25) is 4.79 Å². The maximum atomic E-state index is 13.1. The summed E-state index contributed by atoms with van der Waals surface area (Å²) < 4.78 is 5.17. The summed E-state index contributed by atoms with van der Waals surface area (Å²) in [4.78, 5) is 19.3. The molecule has 5 nitrogen and oxygen atoms in total. The number of ether oxygens (including phenoxy) is 1. The van der Waals surface area contributed by atoms with Crippen LogP contribution in [0.1, 0.15) is 22.3 Å². The third-order valence-electron chi connectivity index (χ3n) is 4.79. The molecule has 1 aliphatic rings. The Hall–Kier alpha value is -3.05. The first kappa shape index (κ1) is 18.3. The van der Waals surface area contributed by atoms with Crippen molar-refractivity contribution in [2.75, 3.05) is 23.9 Å². The quantitative estimate of drug-likeness (QED) is 0.671. The van der Waals surface area contributed by atoms with Crippen LogP contribution in [0.3, 0.4) is 0 Å². The van der Waals surface area contributed by atoms with Gasteiger partial charge in [-0.25, -0.2) is 4.98 Å². The number of anilines is 3. The number of fused-ring (bicyclic) bond motifs is 1. The Labute approximate surface area is 168 Å². The number of aromatic nitrogens is 1. The summed E-state index contributed by atoms with van der Waals surface area (Å²) in [5, 5.41) is 3.70. The van der Waals surface area contributed by atoms with E-state index in [1.807, 2.05) is 29.2 Å². The minimum atomic E-state index is -0.0228. The summed E-state index contributed by atoms with van der Waals surface area (Å²) in [6.07, 6.45) is 3.60. The lowest BCUT2D eigenvalue weighted by Crippen LogP contribution is -2.35. The number of pyridine rings is 1. The van der Waals surface area contributed by atoms with Gasteiger partial charge >= 0.3 is 0 Å². The topological polar surface area (TPSA) is 54.5 Å². The van der Waals surface area contributed by atoms with E-state index in [-0.39, 0.29) is 5.91 Å². The molecule has 3 aromatic rings. The van der Waals surface area contributed by atoms with Crippen LogP contribution in [-0.4, -0.2) is 24.5 Å². The van der Waals surface area contributed by atoms with Crippen LogP contribution in [0.5, 0.6) is 5.75 Å². The summed E-state index contributed by atoms with van der Waals surface area (Å²) in [6, 6.07) is 17.0. The van der Waals surface area contributed by atoms with Crippen molar-refractivity contribution in [3.8, 4) is 5.75 Å². The lowest BCUT2D eigenvalue weighted by molar-refractivity contribution is 0.0985. The number of aryl methyl sites for hydroxylation is 1. The second-order valence-electron chi connectivity index (χ2n) is 6.59. The van der Waals surface area contributed by atoms with Crippen molar-refractivity contribution in [1.82, 2.24) is 4.98 Å².